The lowest BCUT2D eigenvalue weighted by atomic mass is 10.1. The van der Waals surface area contributed by atoms with E-state index < -0.39 is 0 Å². The zero-order valence-electron chi connectivity index (χ0n) is 13.0. The van der Waals surface area contributed by atoms with E-state index in [4.69, 9.17) is 0 Å². The number of carbonyl (C=O) groups excluding carboxylic acids is 1. The first-order valence-corrected chi connectivity index (χ1v) is 7.61. The molecule has 2 heterocycles. The molecule has 0 aliphatic carbocycles. The first kappa shape index (κ1) is 16.1. The van der Waals surface area contributed by atoms with E-state index in [-0.39, 0.29) is 35.0 Å². The van der Waals surface area contributed by atoms with Crippen molar-refractivity contribution in [3.63, 3.8) is 0 Å². The Balaban J connectivity index is 2.49. The number of ketones is 1. The van der Waals surface area contributed by atoms with Gasteiger partial charge in [-0.25, -0.2) is 9.50 Å². The molecule has 22 heavy (non-hydrogen) atoms. The molecule has 0 aliphatic rings. The molecule has 1 N–H and O–H groups in total. The maximum atomic E-state index is 12.3. The van der Waals surface area contributed by atoms with E-state index in [1.165, 1.54) is 19.3 Å². The van der Waals surface area contributed by atoms with Gasteiger partial charge in [-0.1, -0.05) is 19.8 Å². The van der Waals surface area contributed by atoms with Crippen LogP contribution in [-0.2, 0) is 11.2 Å². The highest BCUT2D eigenvalue weighted by atomic mass is 16.3. The van der Waals surface area contributed by atoms with Gasteiger partial charge in [0, 0.05) is 24.6 Å². The molecule has 0 aromatic carbocycles. The monoisotopic (exact) mass is 303 g/mol. The molecular weight excluding hydrogens is 282 g/mol. The second-order valence-electron chi connectivity index (χ2n) is 5.48. The summed E-state index contributed by atoms with van der Waals surface area (Å²) in [5, 5.41) is 14.5. The largest absolute Gasteiger partial charge is 0.511 e. The van der Waals surface area contributed by atoms with Crippen LogP contribution in [0.3, 0.4) is 0 Å². The fourth-order valence-electron chi connectivity index (χ4n) is 2.44. The number of unbranched alkanes of at least 4 members (excludes halogenated alkanes) is 2. The molecule has 6 heteroatoms. The lowest BCUT2D eigenvalue weighted by molar-refractivity contribution is -0.116. The molecule has 2 aromatic rings. The van der Waals surface area contributed by atoms with Crippen molar-refractivity contribution in [1.29, 1.82) is 0 Å². The number of carbonyl (C=O) groups is 1. The first-order chi connectivity index (χ1) is 10.5. The zero-order valence-corrected chi connectivity index (χ0v) is 13.0. The van der Waals surface area contributed by atoms with Crippen LogP contribution in [0.25, 0.3) is 11.4 Å². The van der Waals surface area contributed by atoms with Crippen LogP contribution >= 0.6 is 0 Å². The summed E-state index contributed by atoms with van der Waals surface area (Å²) in [5.74, 6) is -0.133. The molecule has 0 saturated heterocycles. The first-order valence-electron chi connectivity index (χ1n) is 7.61. The number of aryl methyl sites for hydroxylation is 1. The summed E-state index contributed by atoms with van der Waals surface area (Å²) < 4.78 is 1.61. The fraction of sp³-hybridized carbons (Fsp3) is 0.500. The van der Waals surface area contributed by atoms with E-state index in [9.17, 15) is 14.7 Å². The second kappa shape index (κ2) is 7.15. The van der Waals surface area contributed by atoms with Gasteiger partial charge in [-0.15, -0.1) is 0 Å². The van der Waals surface area contributed by atoms with E-state index in [1.807, 2.05) is 0 Å². The third kappa shape index (κ3) is 3.50. The Labute approximate surface area is 128 Å². The number of rotatable bonds is 7. The third-order valence-corrected chi connectivity index (χ3v) is 3.63. The zero-order chi connectivity index (χ0) is 16.1. The van der Waals surface area contributed by atoms with Crippen molar-refractivity contribution in [2.24, 2.45) is 0 Å². The van der Waals surface area contributed by atoms with Crippen LogP contribution in [0.15, 0.2) is 17.2 Å². The highest BCUT2D eigenvalue weighted by Crippen LogP contribution is 2.06. The van der Waals surface area contributed by atoms with Crippen molar-refractivity contribution < 1.29 is 9.90 Å². The smallest absolute Gasteiger partial charge is 0.194 e. The molecular formula is C16H21N3O3. The van der Waals surface area contributed by atoms with Gasteiger partial charge in [0.15, 0.2) is 11.1 Å². The number of hydrogen-bond donors (Lipinski definition) is 1. The number of aliphatic hydroxyl groups is 1. The van der Waals surface area contributed by atoms with Crippen LogP contribution in [0.4, 0.5) is 0 Å². The van der Waals surface area contributed by atoms with Crippen LogP contribution in [0.5, 0.6) is 0 Å². The predicted molar refractivity (Wildman–Crippen MR) is 83.7 cm³/mol. The number of fused-ring (bicyclic) bond motifs is 1. The highest BCUT2D eigenvalue weighted by Gasteiger charge is 2.12. The van der Waals surface area contributed by atoms with Crippen molar-refractivity contribution in [1.82, 2.24) is 14.6 Å². The van der Waals surface area contributed by atoms with Gasteiger partial charge in [0.1, 0.15) is 23.1 Å². The molecule has 2 rings (SSSR count). The Morgan fingerprint density at radius 2 is 2.09 bits per heavy atom. The van der Waals surface area contributed by atoms with Gasteiger partial charge in [0.25, 0.3) is 0 Å². The van der Waals surface area contributed by atoms with E-state index in [0.717, 1.165) is 31.4 Å². The Morgan fingerprint density at radius 3 is 2.77 bits per heavy atom. The Kier molecular flexibility index (Phi) is 5.25. The van der Waals surface area contributed by atoms with Crippen LogP contribution in [0, 0.1) is 0 Å². The van der Waals surface area contributed by atoms with E-state index in [2.05, 4.69) is 17.0 Å². The summed E-state index contributed by atoms with van der Waals surface area (Å²) in [6, 6.07) is 1.51. The molecule has 0 spiro atoms. The summed E-state index contributed by atoms with van der Waals surface area (Å²) in [7, 11) is 0. The molecule has 0 radical (unpaired) electrons. The lowest BCUT2D eigenvalue weighted by Crippen LogP contribution is -2.31. The number of nitrogens with zero attached hydrogens (tertiary/aromatic N) is 3. The van der Waals surface area contributed by atoms with Crippen molar-refractivity contribution in [2.75, 3.05) is 0 Å². The fourth-order valence-corrected chi connectivity index (χ4v) is 2.44. The molecule has 2 aromatic heterocycles. The third-order valence-electron chi connectivity index (χ3n) is 3.63. The standard InChI is InChI=1S/C16H21N3O3/c1-3-4-5-6-12-9-14(22)15(13(21)8-7-11(2)20)16-17-10-18-19(12)16/h9-10,21H,3-8H2,1-2H3/b15-13-. The SMILES string of the molecule is CCCCCc1cc(=O)/c(=C(/O)CCC(C)=O)c2ncnn12. The molecule has 0 atom stereocenters. The van der Waals surface area contributed by atoms with Crippen LogP contribution < -0.4 is 10.6 Å². The maximum absolute atomic E-state index is 12.3. The van der Waals surface area contributed by atoms with E-state index >= 15 is 0 Å². The maximum Gasteiger partial charge on any atom is 0.194 e. The van der Waals surface area contributed by atoms with Crippen molar-refractivity contribution >= 4 is 17.2 Å². The molecule has 0 bridgehead atoms. The topological polar surface area (TPSA) is 84.6 Å². The summed E-state index contributed by atoms with van der Waals surface area (Å²) in [5.41, 5.74) is 0.891. The molecule has 0 unspecified atom stereocenters. The molecule has 6 nitrogen and oxygen atoms in total. The van der Waals surface area contributed by atoms with Crippen molar-refractivity contribution in [2.45, 2.75) is 52.4 Å². The van der Waals surface area contributed by atoms with Gasteiger partial charge in [-0.3, -0.25) is 4.79 Å². The van der Waals surface area contributed by atoms with Gasteiger partial charge in [0.2, 0.25) is 0 Å². The number of hydrogen-bond acceptors (Lipinski definition) is 5. The quantitative estimate of drug-likeness (QED) is 0.785. The van der Waals surface area contributed by atoms with Gasteiger partial charge in [0.05, 0.1) is 0 Å². The van der Waals surface area contributed by atoms with E-state index in [0.29, 0.717) is 5.65 Å². The Hall–Kier alpha value is -2.24. The average Bonchev–Trinajstić information content (AvgIpc) is 2.94. The molecule has 0 saturated carbocycles. The Morgan fingerprint density at radius 1 is 1.32 bits per heavy atom. The van der Waals surface area contributed by atoms with Gasteiger partial charge < -0.3 is 9.90 Å². The van der Waals surface area contributed by atoms with Crippen LogP contribution in [0.1, 0.15) is 51.6 Å². The van der Waals surface area contributed by atoms with Gasteiger partial charge in [-0.2, -0.15) is 5.10 Å². The molecule has 0 aliphatic heterocycles. The summed E-state index contributed by atoms with van der Waals surface area (Å²) in [4.78, 5) is 27.5. The minimum atomic E-state index is -0.270. The average molecular weight is 303 g/mol. The molecule has 118 valence electrons. The van der Waals surface area contributed by atoms with Gasteiger partial charge >= 0.3 is 0 Å². The van der Waals surface area contributed by atoms with Gasteiger partial charge in [-0.05, 0) is 19.8 Å². The van der Waals surface area contributed by atoms with Crippen molar-refractivity contribution in [3.8, 4) is 0 Å². The summed E-state index contributed by atoms with van der Waals surface area (Å²) >= 11 is 0. The number of aliphatic hydroxyl groups excluding tert-OH is 1. The van der Waals surface area contributed by atoms with Crippen LogP contribution in [-0.4, -0.2) is 25.5 Å². The summed E-state index contributed by atoms with van der Waals surface area (Å²) in [6.07, 6.45) is 5.62. The predicted octanol–water partition coefficient (Wildman–Crippen LogP) is 1.58. The normalized spacial score (nSPS) is 12.6. The number of aromatic nitrogens is 3. The van der Waals surface area contributed by atoms with Crippen LogP contribution in [0.2, 0.25) is 0 Å². The lowest BCUT2D eigenvalue weighted by Gasteiger charge is -2.05. The number of Topliss-reactive ketones (excluding diaryl/α,β-unsaturated/α-hetero) is 1. The molecule has 0 amide bonds. The highest BCUT2D eigenvalue weighted by molar-refractivity contribution is 5.76. The molecule has 0 fully saturated rings. The van der Waals surface area contributed by atoms with Crippen molar-refractivity contribution in [3.05, 3.63) is 33.5 Å². The second-order valence-corrected chi connectivity index (χ2v) is 5.48. The minimum absolute atomic E-state index is 0.0346. The van der Waals surface area contributed by atoms with E-state index in [1.54, 1.807) is 4.52 Å². The number of pyridine rings is 1. The summed E-state index contributed by atoms with van der Waals surface area (Å²) in [6.45, 7) is 3.57. The Bertz CT molecular complexity index is 780. The minimum Gasteiger partial charge on any atom is -0.511 e.